The van der Waals surface area contributed by atoms with E-state index in [9.17, 15) is 4.79 Å². The number of amides is 1. The van der Waals surface area contributed by atoms with Gasteiger partial charge in [-0.25, -0.2) is 4.98 Å². The number of nitrogens with zero attached hydrogens (tertiary/aromatic N) is 1. The van der Waals surface area contributed by atoms with E-state index in [-0.39, 0.29) is 11.8 Å². The van der Waals surface area contributed by atoms with Gasteiger partial charge in [0.2, 0.25) is 5.91 Å². The van der Waals surface area contributed by atoms with Crippen molar-refractivity contribution in [1.82, 2.24) is 4.98 Å². The zero-order valence-corrected chi connectivity index (χ0v) is 12.3. The zero-order chi connectivity index (χ0) is 15.4. The number of methoxy groups -OCH3 is 1. The monoisotopic (exact) mass is 289 g/mol. The van der Waals surface area contributed by atoms with Crippen molar-refractivity contribution in [3.63, 3.8) is 0 Å². The van der Waals surface area contributed by atoms with Gasteiger partial charge in [0.1, 0.15) is 5.75 Å². The minimum Gasteiger partial charge on any atom is -0.496 e. The first-order chi connectivity index (χ1) is 10.0. The van der Waals surface area contributed by atoms with E-state index in [1.807, 2.05) is 13.8 Å². The third-order valence-electron chi connectivity index (χ3n) is 3.19. The van der Waals surface area contributed by atoms with Gasteiger partial charge in [-0.15, -0.1) is 0 Å². The minimum absolute atomic E-state index is 0.0698. The van der Waals surface area contributed by atoms with Gasteiger partial charge < -0.3 is 20.2 Å². The summed E-state index contributed by atoms with van der Waals surface area (Å²) in [5.41, 5.74) is 7.21. The number of oxazole rings is 1. The number of nitrogens with two attached hydrogens (primary N) is 1. The van der Waals surface area contributed by atoms with Crippen molar-refractivity contribution in [2.75, 3.05) is 12.4 Å². The van der Waals surface area contributed by atoms with Gasteiger partial charge in [-0.2, -0.15) is 0 Å². The van der Waals surface area contributed by atoms with E-state index in [0.29, 0.717) is 17.2 Å². The Morgan fingerprint density at radius 3 is 2.76 bits per heavy atom. The van der Waals surface area contributed by atoms with Crippen molar-refractivity contribution in [2.45, 2.75) is 19.9 Å². The SMILES string of the molecule is COc1cc(NC(=O)C(N)C(C)C)ccc1-c1cnco1. The molecule has 0 radical (unpaired) electrons. The second kappa shape index (κ2) is 6.41. The van der Waals surface area contributed by atoms with Crippen LogP contribution in [0, 0.1) is 5.92 Å². The van der Waals surface area contributed by atoms with E-state index in [4.69, 9.17) is 14.9 Å². The molecule has 1 atom stereocenters. The van der Waals surface area contributed by atoms with Crippen molar-refractivity contribution < 1.29 is 13.9 Å². The lowest BCUT2D eigenvalue weighted by atomic mass is 10.0. The highest BCUT2D eigenvalue weighted by Gasteiger charge is 2.18. The quantitative estimate of drug-likeness (QED) is 0.881. The Morgan fingerprint density at radius 2 is 2.19 bits per heavy atom. The second-order valence-electron chi connectivity index (χ2n) is 5.04. The average Bonchev–Trinajstić information content (AvgIpc) is 3.00. The number of benzene rings is 1. The van der Waals surface area contributed by atoms with Crippen molar-refractivity contribution >= 4 is 11.6 Å². The molecule has 0 saturated carbocycles. The molecule has 1 heterocycles. The minimum atomic E-state index is -0.551. The molecule has 3 N–H and O–H groups in total. The highest BCUT2D eigenvalue weighted by Crippen LogP contribution is 2.32. The first kappa shape index (κ1) is 15.1. The van der Waals surface area contributed by atoms with Gasteiger partial charge in [0, 0.05) is 11.8 Å². The molecule has 0 saturated heterocycles. The molecule has 2 rings (SSSR count). The number of aromatic nitrogens is 1. The van der Waals surface area contributed by atoms with Crippen LogP contribution < -0.4 is 15.8 Å². The maximum absolute atomic E-state index is 12.0. The van der Waals surface area contributed by atoms with E-state index >= 15 is 0 Å². The molecule has 1 aromatic carbocycles. The molecule has 0 fully saturated rings. The standard InChI is InChI=1S/C15H19N3O3/c1-9(2)14(16)15(19)18-10-4-5-11(12(6-10)20-3)13-7-17-8-21-13/h4-9,14H,16H2,1-3H3,(H,18,19). The number of carbonyl (C=O) groups excluding carboxylic acids is 1. The summed E-state index contributed by atoms with van der Waals surface area (Å²) in [7, 11) is 1.56. The van der Waals surface area contributed by atoms with Crippen LogP contribution in [0.25, 0.3) is 11.3 Å². The molecule has 1 unspecified atom stereocenters. The van der Waals surface area contributed by atoms with E-state index in [1.165, 1.54) is 6.39 Å². The highest BCUT2D eigenvalue weighted by molar-refractivity contribution is 5.95. The Bertz CT molecular complexity index is 609. The van der Waals surface area contributed by atoms with Crippen LogP contribution in [0.15, 0.2) is 35.2 Å². The third kappa shape index (κ3) is 3.41. The predicted octanol–water partition coefficient (Wildman–Crippen LogP) is 2.27. The van der Waals surface area contributed by atoms with E-state index in [0.717, 1.165) is 5.56 Å². The number of hydrogen-bond acceptors (Lipinski definition) is 5. The van der Waals surface area contributed by atoms with Crippen molar-refractivity contribution in [3.05, 3.63) is 30.8 Å². The van der Waals surface area contributed by atoms with Crippen molar-refractivity contribution in [1.29, 1.82) is 0 Å². The Morgan fingerprint density at radius 1 is 1.43 bits per heavy atom. The van der Waals surface area contributed by atoms with Crippen LogP contribution in [0.5, 0.6) is 5.75 Å². The summed E-state index contributed by atoms with van der Waals surface area (Å²) >= 11 is 0. The number of carbonyl (C=O) groups is 1. The number of rotatable bonds is 5. The Hall–Kier alpha value is -2.34. The van der Waals surface area contributed by atoms with Crippen LogP contribution in [-0.4, -0.2) is 24.0 Å². The fourth-order valence-electron chi connectivity index (χ4n) is 1.85. The number of anilines is 1. The van der Waals surface area contributed by atoms with Gasteiger partial charge in [-0.3, -0.25) is 4.79 Å². The molecule has 112 valence electrons. The van der Waals surface area contributed by atoms with Crippen LogP contribution in [0.4, 0.5) is 5.69 Å². The molecule has 0 bridgehead atoms. The molecule has 1 amide bonds. The topological polar surface area (TPSA) is 90.4 Å². The summed E-state index contributed by atoms with van der Waals surface area (Å²) in [6.07, 6.45) is 2.96. The molecule has 21 heavy (non-hydrogen) atoms. The molecule has 6 heteroatoms. The third-order valence-corrected chi connectivity index (χ3v) is 3.19. The molecule has 2 aromatic rings. The second-order valence-corrected chi connectivity index (χ2v) is 5.04. The van der Waals surface area contributed by atoms with E-state index in [2.05, 4.69) is 10.3 Å². The van der Waals surface area contributed by atoms with Gasteiger partial charge >= 0.3 is 0 Å². The fourth-order valence-corrected chi connectivity index (χ4v) is 1.85. The molecule has 1 aromatic heterocycles. The number of nitrogens with one attached hydrogen (secondary N) is 1. The largest absolute Gasteiger partial charge is 0.496 e. The lowest BCUT2D eigenvalue weighted by molar-refractivity contribution is -0.118. The number of ether oxygens (including phenoxy) is 1. The molecular formula is C15H19N3O3. The Labute approximate surface area is 123 Å². The predicted molar refractivity (Wildman–Crippen MR) is 79.9 cm³/mol. The summed E-state index contributed by atoms with van der Waals surface area (Å²) in [4.78, 5) is 15.8. The Balaban J connectivity index is 2.22. The lowest BCUT2D eigenvalue weighted by Gasteiger charge is -2.16. The van der Waals surface area contributed by atoms with Gasteiger partial charge in [0.15, 0.2) is 12.2 Å². The number of hydrogen-bond donors (Lipinski definition) is 2. The molecule has 0 aliphatic heterocycles. The maximum atomic E-state index is 12.0. The highest BCUT2D eigenvalue weighted by atomic mass is 16.5. The summed E-state index contributed by atoms with van der Waals surface area (Å²) in [6.45, 7) is 3.80. The molecule has 0 spiro atoms. The summed E-state index contributed by atoms with van der Waals surface area (Å²) in [5.74, 6) is 1.03. The molecular weight excluding hydrogens is 270 g/mol. The van der Waals surface area contributed by atoms with Crippen LogP contribution >= 0.6 is 0 Å². The summed E-state index contributed by atoms with van der Waals surface area (Å²) in [6, 6.07) is 4.74. The first-order valence-corrected chi connectivity index (χ1v) is 6.66. The summed E-state index contributed by atoms with van der Waals surface area (Å²) < 4.78 is 10.6. The van der Waals surface area contributed by atoms with Crippen LogP contribution in [0.3, 0.4) is 0 Å². The fraction of sp³-hybridized carbons (Fsp3) is 0.333. The molecule has 0 aliphatic carbocycles. The Kier molecular flexibility index (Phi) is 4.59. The maximum Gasteiger partial charge on any atom is 0.241 e. The smallest absolute Gasteiger partial charge is 0.241 e. The van der Waals surface area contributed by atoms with Gasteiger partial charge in [-0.05, 0) is 18.1 Å². The van der Waals surface area contributed by atoms with Gasteiger partial charge in [0.25, 0.3) is 0 Å². The van der Waals surface area contributed by atoms with Crippen molar-refractivity contribution in [2.24, 2.45) is 11.7 Å². The zero-order valence-electron chi connectivity index (χ0n) is 12.3. The van der Waals surface area contributed by atoms with E-state index in [1.54, 1.807) is 31.5 Å². The van der Waals surface area contributed by atoms with Gasteiger partial charge in [-0.1, -0.05) is 13.8 Å². The first-order valence-electron chi connectivity index (χ1n) is 6.66. The molecule has 0 aliphatic rings. The lowest BCUT2D eigenvalue weighted by Crippen LogP contribution is -2.39. The van der Waals surface area contributed by atoms with Gasteiger partial charge in [0.05, 0.1) is 24.9 Å². The normalized spacial score (nSPS) is 12.2. The van der Waals surface area contributed by atoms with Crippen LogP contribution in [-0.2, 0) is 4.79 Å². The van der Waals surface area contributed by atoms with E-state index < -0.39 is 6.04 Å². The summed E-state index contributed by atoms with van der Waals surface area (Å²) in [5, 5.41) is 2.78. The average molecular weight is 289 g/mol. The van der Waals surface area contributed by atoms with Crippen LogP contribution in [0.1, 0.15) is 13.8 Å². The molecule has 6 nitrogen and oxygen atoms in total. The van der Waals surface area contributed by atoms with Crippen LogP contribution in [0.2, 0.25) is 0 Å². The van der Waals surface area contributed by atoms with Crippen molar-refractivity contribution in [3.8, 4) is 17.1 Å².